The third-order valence-corrected chi connectivity index (χ3v) is 4.98. The molecule has 25 heavy (non-hydrogen) atoms. The average molecular weight is 368 g/mol. The van der Waals surface area contributed by atoms with Crippen molar-refractivity contribution in [1.82, 2.24) is 15.1 Å². The fourth-order valence-corrected chi connectivity index (χ4v) is 3.57. The molecule has 1 N–H and O–H groups in total. The van der Waals surface area contributed by atoms with Crippen LogP contribution in [0.4, 0.5) is 0 Å². The molecule has 1 heterocycles. The molecule has 1 saturated heterocycles. The van der Waals surface area contributed by atoms with Crippen molar-refractivity contribution in [2.24, 2.45) is 0 Å². The molecular formula is C19H30ClN3O2. The summed E-state index contributed by atoms with van der Waals surface area (Å²) in [6.07, 6.45) is 3.34. The number of likely N-dealkylation sites (tertiary alicyclic amines) is 1. The Morgan fingerprint density at radius 1 is 1.36 bits per heavy atom. The summed E-state index contributed by atoms with van der Waals surface area (Å²) < 4.78 is 5.05. The van der Waals surface area contributed by atoms with Crippen molar-refractivity contribution in [3.63, 3.8) is 0 Å². The first-order valence-corrected chi connectivity index (χ1v) is 9.42. The van der Waals surface area contributed by atoms with E-state index in [0.29, 0.717) is 13.1 Å². The van der Waals surface area contributed by atoms with Crippen LogP contribution in [0.1, 0.15) is 30.9 Å². The number of methoxy groups -OCH3 is 1. The molecule has 0 saturated carbocycles. The van der Waals surface area contributed by atoms with Gasteiger partial charge in [-0.3, -0.25) is 14.6 Å². The van der Waals surface area contributed by atoms with E-state index in [1.54, 1.807) is 7.11 Å². The van der Waals surface area contributed by atoms with Crippen LogP contribution in [0.5, 0.6) is 0 Å². The molecule has 0 bridgehead atoms. The molecule has 0 spiro atoms. The van der Waals surface area contributed by atoms with E-state index in [1.165, 1.54) is 12.8 Å². The normalized spacial score (nSPS) is 16.3. The molecule has 2 rings (SSSR count). The van der Waals surface area contributed by atoms with Crippen LogP contribution in [0, 0.1) is 0 Å². The number of hydrogen-bond acceptors (Lipinski definition) is 4. The Morgan fingerprint density at radius 3 is 2.76 bits per heavy atom. The fourth-order valence-electron chi connectivity index (χ4n) is 3.30. The first-order chi connectivity index (χ1) is 12.1. The molecular weight excluding hydrogens is 338 g/mol. The second-order valence-electron chi connectivity index (χ2n) is 6.67. The number of nitrogens with zero attached hydrogens (tertiary/aromatic N) is 2. The highest BCUT2D eigenvalue weighted by Gasteiger charge is 2.25. The molecule has 0 radical (unpaired) electrons. The zero-order valence-corrected chi connectivity index (χ0v) is 16.1. The van der Waals surface area contributed by atoms with Gasteiger partial charge in [-0.15, -0.1) is 0 Å². The van der Waals surface area contributed by atoms with E-state index in [9.17, 15) is 4.79 Å². The predicted octanol–water partition coefficient (Wildman–Crippen LogP) is 2.56. The molecule has 1 aromatic rings. The molecule has 1 amide bonds. The Hall–Kier alpha value is -1.14. The SMILES string of the molecule is COCCCN(C)CC(=O)NCC(c1ccccc1Cl)N1CCCC1. The van der Waals surface area contributed by atoms with Gasteiger partial charge in [-0.2, -0.15) is 0 Å². The smallest absolute Gasteiger partial charge is 0.234 e. The Bertz CT molecular complexity index is 535. The van der Waals surface area contributed by atoms with Crippen molar-refractivity contribution >= 4 is 17.5 Å². The van der Waals surface area contributed by atoms with Gasteiger partial charge in [-0.05, 0) is 51.0 Å². The van der Waals surface area contributed by atoms with Gasteiger partial charge in [0.15, 0.2) is 0 Å². The van der Waals surface area contributed by atoms with Gasteiger partial charge >= 0.3 is 0 Å². The van der Waals surface area contributed by atoms with E-state index >= 15 is 0 Å². The van der Waals surface area contributed by atoms with E-state index in [2.05, 4.69) is 16.3 Å². The van der Waals surface area contributed by atoms with E-state index in [1.807, 2.05) is 30.1 Å². The lowest BCUT2D eigenvalue weighted by molar-refractivity contribution is -0.122. The van der Waals surface area contributed by atoms with Crippen molar-refractivity contribution in [2.75, 3.05) is 53.5 Å². The summed E-state index contributed by atoms with van der Waals surface area (Å²) in [6, 6.07) is 8.08. The first-order valence-electron chi connectivity index (χ1n) is 9.04. The minimum Gasteiger partial charge on any atom is -0.385 e. The summed E-state index contributed by atoms with van der Waals surface area (Å²) in [5.41, 5.74) is 1.10. The third kappa shape index (κ3) is 6.59. The van der Waals surface area contributed by atoms with Gasteiger partial charge in [0.2, 0.25) is 5.91 Å². The molecule has 1 unspecified atom stereocenters. The first kappa shape index (κ1) is 20.2. The lowest BCUT2D eigenvalue weighted by atomic mass is 10.1. The monoisotopic (exact) mass is 367 g/mol. The fraction of sp³-hybridized carbons (Fsp3) is 0.632. The molecule has 1 aromatic carbocycles. The molecule has 1 atom stereocenters. The molecule has 1 aliphatic heterocycles. The van der Waals surface area contributed by atoms with Crippen LogP contribution in [0.3, 0.4) is 0 Å². The van der Waals surface area contributed by atoms with Crippen molar-refractivity contribution in [3.05, 3.63) is 34.9 Å². The Morgan fingerprint density at radius 2 is 2.08 bits per heavy atom. The summed E-state index contributed by atoms with van der Waals surface area (Å²) in [6.45, 7) is 4.68. The number of carbonyl (C=O) groups excluding carboxylic acids is 1. The standard InChI is InChI=1S/C19H30ClN3O2/c1-22(10-7-13-25-2)15-19(24)21-14-18(23-11-5-6-12-23)16-8-3-4-9-17(16)20/h3-4,8-9,18H,5-7,10-15H2,1-2H3,(H,21,24). The number of carbonyl (C=O) groups is 1. The van der Waals surface area contributed by atoms with Gasteiger partial charge in [-0.1, -0.05) is 29.8 Å². The highest BCUT2D eigenvalue weighted by Crippen LogP contribution is 2.29. The maximum Gasteiger partial charge on any atom is 0.234 e. The van der Waals surface area contributed by atoms with Crippen molar-refractivity contribution in [1.29, 1.82) is 0 Å². The van der Waals surface area contributed by atoms with Gasteiger partial charge in [0.05, 0.1) is 12.6 Å². The Balaban J connectivity index is 1.89. The number of benzene rings is 1. The lowest BCUT2D eigenvalue weighted by Gasteiger charge is -2.29. The van der Waals surface area contributed by atoms with Gasteiger partial charge in [0, 0.05) is 31.8 Å². The molecule has 1 fully saturated rings. The van der Waals surface area contributed by atoms with Crippen molar-refractivity contribution in [3.8, 4) is 0 Å². The van der Waals surface area contributed by atoms with Gasteiger partial charge in [-0.25, -0.2) is 0 Å². The van der Waals surface area contributed by atoms with Crippen LogP contribution in [-0.4, -0.2) is 69.2 Å². The Kier molecular flexibility index (Phi) is 8.68. The number of hydrogen-bond donors (Lipinski definition) is 1. The topological polar surface area (TPSA) is 44.8 Å². The van der Waals surface area contributed by atoms with E-state index in [4.69, 9.17) is 16.3 Å². The van der Waals surface area contributed by atoms with Crippen LogP contribution in [0.2, 0.25) is 5.02 Å². The van der Waals surface area contributed by atoms with E-state index in [-0.39, 0.29) is 11.9 Å². The summed E-state index contributed by atoms with van der Waals surface area (Å²) >= 11 is 6.41. The van der Waals surface area contributed by atoms with Crippen LogP contribution in [-0.2, 0) is 9.53 Å². The second-order valence-corrected chi connectivity index (χ2v) is 7.08. The largest absolute Gasteiger partial charge is 0.385 e. The van der Waals surface area contributed by atoms with Crippen molar-refractivity contribution < 1.29 is 9.53 Å². The second kappa shape index (κ2) is 10.8. The maximum absolute atomic E-state index is 12.3. The summed E-state index contributed by atoms with van der Waals surface area (Å²) in [7, 11) is 3.65. The van der Waals surface area contributed by atoms with E-state index in [0.717, 1.165) is 43.2 Å². The van der Waals surface area contributed by atoms with Gasteiger partial charge < -0.3 is 10.1 Å². The maximum atomic E-state index is 12.3. The van der Waals surface area contributed by atoms with E-state index < -0.39 is 0 Å². The molecule has 0 aliphatic carbocycles. The summed E-state index contributed by atoms with van der Waals surface area (Å²) in [4.78, 5) is 16.7. The van der Waals surface area contributed by atoms with Crippen molar-refractivity contribution in [2.45, 2.75) is 25.3 Å². The summed E-state index contributed by atoms with van der Waals surface area (Å²) in [5, 5.41) is 3.86. The zero-order valence-electron chi connectivity index (χ0n) is 15.3. The number of nitrogens with one attached hydrogen (secondary N) is 1. The predicted molar refractivity (Wildman–Crippen MR) is 102 cm³/mol. The minimum absolute atomic E-state index is 0.0520. The van der Waals surface area contributed by atoms with Gasteiger partial charge in [0.1, 0.15) is 0 Å². The van der Waals surface area contributed by atoms with Crippen LogP contribution >= 0.6 is 11.6 Å². The molecule has 1 aliphatic rings. The molecule has 5 nitrogen and oxygen atoms in total. The number of rotatable bonds is 10. The number of likely N-dealkylation sites (N-methyl/N-ethyl adjacent to an activating group) is 1. The van der Waals surface area contributed by atoms with Crippen LogP contribution in [0.25, 0.3) is 0 Å². The highest BCUT2D eigenvalue weighted by atomic mass is 35.5. The van der Waals surface area contributed by atoms with Crippen LogP contribution < -0.4 is 5.32 Å². The third-order valence-electron chi connectivity index (χ3n) is 4.64. The highest BCUT2D eigenvalue weighted by molar-refractivity contribution is 6.31. The Labute approximate surface area is 156 Å². The van der Waals surface area contributed by atoms with Crippen LogP contribution in [0.15, 0.2) is 24.3 Å². The number of amides is 1. The molecule has 6 heteroatoms. The quantitative estimate of drug-likeness (QED) is 0.645. The molecule has 140 valence electrons. The molecule has 0 aromatic heterocycles. The zero-order chi connectivity index (χ0) is 18.1. The minimum atomic E-state index is 0.0520. The number of halogens is 1. The average Bonchev–Trinajstić information content (AvgIpc) is 3.11. The number of ether oxygens (including phenoxy) is 1. The lowest BCUT2D eigenvalue weighted by Crippen LogP contribution is -2.41. The van der Waals surface area contributed by atoms with Gasteiger partial charge in [0.25, 0.3) is 0 Å². The summed E-state index contributed by atoms with van der Waals surface area (Å²) in [5.74, 6) is 0.0520.